The Bertz CT molecular complexity index is 12000. The molecule has 3 nitrogen and oxygen atoms in total. The van der Waals surface area contributed by atoms with Crippen molar-refractivity contribution in [2.45, 2.75) is 19.3 Å². The van der Waals surface area contributed by atoms with Crippen LogP contribution in [0.2, 0.25) is 0 Å². The SMILES string of the molecule is [2H]c1c([2H])c([2H])c2c(-c3cccc4oc5c6ccccc6ccc5c34)c3c([2H])c([2H])c([2H])c([2H])c3c(-c3cc4ccc5ccccc5c4c4ccccc34)c2c1[2H].[2H]c1c([2H])c([2H])c2c(-c3cccc4oc5c6ccccc6ccc5c34)c3c([2H])c([2H])c([2H])c([2H])c3c(-c3ccc4c(ccc5ccccc54)c3)c2c1[2H].[2H]c1c([2H])c([2H])c2c(-c3cccc4oc5c6ccccc6ccc5c34)c3c([2H])c([2H])c([2H])c([2H])c3c(-c3cccc4c3C(C)(C)c3ccccc3-4)c2c1[2H]. The summed E-state index contributed by atoms with van der Waals surface area (Å²) in [4.78, 5) is 0. The van der Waals surface area contributed by atoms with Gasteiger partial charge in [-0.15, -0.1) is 0 Å². The largest absolute Gasteiger partial charge is 0.455 e. The van der Waals surface area contributed by atoms with Crippen molar-refractivity contribution in [1.29, 1.82) is 0 Å². The minimum Gasteiger partial charge on any atom is -0.455 e. The maximum Gasteiger partial charge on any atom is 0.143 e. The Morgan fingerprint density at radius 2 is 0.464 bits per heavy atom. The highest BCUT2D eigenvalue weighted by Crippen LogP contribution is 2.58. The zero-order valence-electron chi connectivity index (χ0n) is 98.9. The Kier molecular flexibility index (Phi) is 13.1. The van der Waals surface area contributed by atoms with Gasteiger partial charge in [-0.2, -0.15) is 0 Å². The van der Waals surface area contributed by atoms with Crippen molar-refractivity contribution in [3.8, 4) is 77.9 Å². The molecule has 0 unspecified atom stereocenters. The minimum atomic E-state index is -0.541. The summed E-state index contributed by atoms with van der Waals surface area (Å²) in [6.07, 6.45) is 0. The van der Waals surface area contributed by atoms with E-state index in [0.717, 1.165) is 125 Å². The number of fused-ring (bicyclic) bond motifs is 32. The first-order valence-corrected chi connectivity index (χ1v) is 46.6. The average Bonchev–Trinajstić information content (AvgIpc) is 1.11. The lowest BCUT2D eigenvalue weighted by atomic mass is 9.76. The quantitative estimate of drug-likeness (QED) is 0.123. The van der Waals surface area contributed by atoms with Crippen molar-refractivity contribution in [3.63, 3.8) is 0 Å². The van der Waals surface area contributed by atoms with Crippen molar-refractivity contribution in [2.24, 2.45) is 0 Å². The molecule has 0 radical (unpaired) electrons. The Morgan fingerprint density at radius 3 is 0.900 bits per heavy atom. The molecule has 650 valence electrons. The summed E-state index contributed by atoms with van der Waals surface area (Å²) in [7, 11) is 0. The van der Waals surface area contributed by atoms with E-state index in [4.69, 9.17) is 29.7 Å². The molecule has 31 rings (SSSR count). The summed E-state index contributed by atoms with van der Waals surface area (Å²) in [6.45, 7) is 4.25. The number of hydrogen-bond acceptors (Lipinski definition) is 3. The van der Waals surface area contributed by atoms with Crippen LogP contribution in [0, 0.1) is 0 Å². The molecule has 0 saturated carbocycles. The van der Waals surface area contributed by atoms with E-state index in [1.165, 1.54) is 0 Å². The molecule has 3 aromatic heterocycles. The predicted octanol–water partition coefficient (Wildman–Crippen LogP) is 39.2. The van der Waals surface area contributed by atoms with E-state index < -0.39 is 77.9 Å². The molecule has 3 heterocycles. The molecule has 1 aliphatic rings. The van der Waals surface area contributed by atoms with Crippen LogP contribution in [-0.4, -0.2) is 0 Å². The number of benzene rings is 27. The van der Waals surface area contributed by atoms with E-state index in [1.807, 2.05) is 297 Å². The van der Waals surface area contributed by atoms with Crippen molar-refractivity contribution >= 4 is 217 Å². The van der Waals surface area contributed by atoms with Crippen molar-refractivity contribution in [1.82, 2.24) is 0 Å². The Hall–Kier alpha value is -18.0. The molecule has 0 aliphatic heterocycles. The van der Waals surface area contributed by atoms with Gasteiger partial charge in [-0.3, -0.25) is 0 Å². The molecule has 0 spiro atoms. The smallest absolute Gasteiger partial charge is 0.143 e. The summed E-state index contributed by atoms with van der Waals surface area (Å²) in [5.41, 5.74) is 12.5. The summed E-state index contributed by atoms with van der Waals surface area (Å²) < 4.78 is 241. The second kappa shape index (κ2) is 31.0. The fraction of sp³-hybridized carbons (Fsp3) is 0.0219. The molecular formula is C137H84O3. The van der Waals surface area contributed by atoms with Gasteiger partial charge in [0.25, 0.3) is 0 Å². The van der Waals surface area contributed by atoms with Crippen LogP contribution in [-0.2, 0) is 5.41 Å². The Balaban J connectivity index is 0.000000112. The zero-order chi connectivity index (χ0) is 113. The van der Waals surface area contributed by atoms with Gasteiger partial charge in [0.1, 0.15) is 33.5 Å². The molecule has 3 heteroatoms. The molecule has 140 heavy (non-hydrogen) atoms. The second-order valence-corrected chi connectivity index (χ2v) is 36.6. The summed E-state index contributed by atoms with van der Waals surface area (Å²) in [6, 6.07) is 97.5. The van der Waals surface area contributed by atoms with Crippen LogP contribution in [0.25, 0.3) is 295 Å². The number of hydrogen-bond donors (Lipinski definition) is 0. The van der Waals surface area contributed by atoms with Gasteiger partial charge in [-0.1, -0.05) is 438 Å². The van der Waals surface area contributed by atoms with E-state index in [-0.39, 0.29) is 137 Å². The summed E-state index contributed by atoms with van der Waals surface area (Å²) in [5.74, 6) is 0. The summed E-state index contributed by atoms with van der Waals surface area (Å²) in [5, 5.41) is 22.0. The first kappa shape index (κ1) is 59.0. The highest BCUT2D eigenvalue weighted by atomic mass is 16.3. The van der Waals surface area contributed by atoms with Gasteiger partial charge in [0.05, 0.1) is 32.9 Å². The van der Waals surface area contributed by atoms with Crippen LogP contribution in [0.3, 0.4) is 0 Å². The molecule has 0 saturated heterocycles. The van der Waals surface area contributed by atoms with Crippen LogP contribution in [0.5, 0.6) is 0 Å². The molecule has 0 fully saturated rings. The fourth-order valence-corrected chi connectivity index (χ4v) is 23.1. The third kappa shape index (κ3) is 11.8. The van der Waals surface area contributed by atoms with Crippen LogP contribution < -0.4 is 0 Å². The normalized spacial score (nSPS) is 15.0. The monoisotopic (exact) mass is 1800 g/mol. The lowest BCUT2D eigenvalue weighted by molar-refractivity contribution is 0.662. The Labute approximate surface area is 839 Å². The highest BCUT2D eigenvalue weighted by Gasteiger charge is 2.39. The fourth-order valence-electron chi connectivity index (χ4n) is 23.1. The topological polar surface area (TPSA) is 39.4 Å². The van der Waals surface area contributed by atoms with Crippen molar-refractivity contribution in [3.05, 3.63) is 484 Å². The molecule has 0 atom stereocenters. The molecule has 30 aromatic rings. The van der Waals surface area contributed by atoms with Gasteiger partial charge in [-0.25, -0.2) is 0 Å². The molecule has 0 bridgehead atoms. The van der Waals surface area contributed by atoms with Crippen LogP contribution in [0.1, 0.15) is 57.9 Å². The minimum absolute atomic E-state index is 0.166. The predicted molar refractivity (Wildman–Crippen MR) is 596 cm³/mol. The maximum atomic E-state index is 9.60. The van der Waals surface area contributed by atoms with E-state index >= 15 is 0 Å². The average molecular weight is 1800 g/mol. The Morgan fingerprint density at radius 1 is 0.179 bits per heavy atom. The molecule has 1 aliphatic carbocycles. The van der Waals surface area contributed by atoms with Gasteiger partial charge in [0.15, 0.2) is 0 Å². The first-order valence-electron chi connectivity index (χ1n) is 58.6. The van der Waals surface area contributed by atoms with E-state index in [2.05, 4.69) is 38.1 Å². The van der Waals surface area contributed by atoms with Gasteiger partial charge >= 0.3 is 0 Å². The third-order valence-electron chi connectivity index (χ3n) is 29.0. The molecule has 27 aromatic carbocycles. The van der Waals surface area contributed by atoms with Crippen LogP contribution in [0.4, 0.5) is 0 Å². The van der Waals surface area contributed by atoms with Crippen molar-refractivity contribution in [2.75, 3.05) is 0 Å². The standard InChI is InChI=1S/C48H28O.C45H30O.C44H26O/c1-3-14-32-29(12-1)24-25-31-28-42(34-16-5-6-17-35(34)44(31)32)46-38-20-9-7-18-36(38)45(37-19-8-10-21-39(37)46)40-22-11-23-43-47(40)41-27-26-30-13-2-4-15-33(30)48(41)49-43;1-45(2)38-23-10-9-15-29(38)34-20-11-22-36(43(34)45)41-32-18-7-5-16-30(32)40(31-17-6-8-19-33(31)41)35-21-12-24-39-42(35)37-26-25-27-13-3-4-14-28(27)44(37)46-39;1-3-12-31-27(10-1)20-21-29-26-30(23-24-32(29)31)41-34-14-5-7-16-36(34)42(37-17-8-6-15-35(37)41)38-18-9-19-40-43(38)39-25-22-28-11-2-4-13-33(28)44(39)45-40/h1-28H;3-26H,1-2H3;1-26H/i7D,8D,9D,10D,18D,19D,20D,21D;5D,6D,7D,8D,16D,17D,18D,19D;5D,6D,7D,8D,14D,15D,16D,17D. The molecular weight excluding hydrogens is 1690 g/mol. The lowest BCUT2D eigenvalue weighted by Gasteiger charge is -2.26. The lowest BCUT2D eigenvalue weighted by Crippen LogP contribution is -2.16. The first-order chi connectivity index (χ1) is 79.2. The van der Waals surface area contributed by atoms with E-state index in [9.17, 15) is 16.4 Å². The number of rotatable bonds is 6. The van der Waals surface area contributed by atoms with Crippen LogP contribution >= 0.6 is 0 Å². The van der Waals surface area contributed by atoms with Gasteiger partial charge in [0, 0.05) is 53.9 Å². The van der Waals surface area contributed by atoms with E-state index in [0.29, 0.717) is 116 Å². The van der Waals surface area contributed by atoms with Gasteiger partial charge < -0.3 is 13.3 Å². The van der Waals surface area contributed by atoms with Gasteiger partial charge in [0.2, 0.25) is 0 Å². The maximum absolute atomic E-state index is 9.60. The summed E-state index contributed by atoms with van der Waals surface area (Å²) >= 11 is 0. The highest BCUT2D eigenvalue weighted by molar-refractivity contribution is 6.34. The molecule has 0 amide bonds. The number of furan rings is 3. The zero-order valence-corrected chi connectivity index (χ0v) is 74.9. The third-order valence-corrected chi connectivity index (χ3v) is 29.0. The van der Waals surface area contributed by atoms with Crippen molar-refractivity contribution < 1.29 is 46.1 Å². The van der Waals surface area contributed by atoms with Gasteiger partial charge in [-0.05, 0) is 272 Å². The second-order valence-electron chi connectivity index (χ2n) is 36.6. The van der Waals surface area contributed by atoms with E-state index in [1.54, 1.807) is 6.07 Å². The molecule has 0 N–H and O–H groups in total. The van der Waals surface area contributed by atoms with Crippen LogP contribution in [0.15, 0.2) is 486 Å².